The molecule has 0 aliphatic heterocycles. The van der Waals surface area contributed by atoms with Crippen molar-refractivity contribution >= 4 is 16.9 Å². The molecule has 0 atom stereocenters. The summed E-state index contributed by atoms with van der Waals surface area (Å²) in [6, 6.07) is 13.3. The summed E-state index contributed by atoms with van der Waals surface area (Å²) in [6.45, 7) is 5.79. The van der Waals surface area contributed by atoms with E-state index < -0.39 is 0 Å². The van der Waals surface area contributed by atoms with Crippen molar-refractivity contribution in [2.24, 2.45) is 5.92 Å². The second-order valence-corrected chi connectivity index (χ2v) is 7.10. The van der Waals surface area contributed by atoms with Crippen molar-refractivity contribution in [1.82, 2.24) is 14.9 Å². The number of ether oxygens (including phenoxy) is 2. The highest BCUT2D eigenvalue weighted by Crippen LogP contribution is 2.27. The fraction of sp³-hybridized carbons (Fsp3) is 0.364. The number of hydrogen-bond acceptors (Lipinski definition) is 4. The molecule has 1 N–H and O–H groups in total. The molecule has 1 heterocycles. The number of rotatable bonds is 8. The molecular weight excluding hydrogens is 354 g/mol. The fourth-order valence-corrected chi connectivity index (χ4v) is 3.25. The van der Waals surface area contributed by atoms with Crippen LogP contribution in [0.15, 0.2) is 42.5 Å². The first kappa shape index (κ1) is 19.7. The molecule has 0 aliphatic carbocycles. The van der Waals surface area contributed by atoms with Crippen LogP contribution in [0.1, 0.15) is 30.0 Å². The molecule has 0 aliphatic rings. The number of fused-ring (bicyclic) bond motifs is 1. The van der Waals surface area contributed by atoms with Gasteiger partial charge in [0, 0.05) is 25.1 Å². The molecule has 0 saturated carbocycles. The zero-order valence-corrected chi connectivity index (χ0v) is 16.9. The maximum absolute atomic E-state index is 12.5. The third-order valence-electron chi connectivity index (χ3n) is 4.56. The first-order valence-corrected chi connectivity index (χ1v) is 9.47. The molecule has 28 heavy (non-hydrogen) atoms. The number of amides is 1. The number of hydrogen-bond donors (Lipinski definition) is 1. The van der Waals surface area contributed by atoms with E-state index in [0.29, 0.717) is 35.9 Å². The van der Waals surface area contributed by atoms with Gasteiger partial charge < -0.3 is 19.4 Å². The van der Waals surface area contributed by atoms with Crippen LogP contribution in [0.25, 0.3) is 11.0 Å². The molecule has 1 aromatic heterocycles. The minimum Gasteiger partial charge on any atom is -0.493 e. The van der Waals surface area contributed by atoms with Crippen LogP contribution in [-0.4, -0.2) is 36.2 Å². The van der Waals surface area contributed by atoms with E-state index >= 15 is 0 Å². The Kier molecular flexibility index (Phi) is 6.19. The highest BCUT2D eigenvalue weighted by Gasteiger charge is 2.13. The van der Waals surface area contributed by atoms with Gasteiger partial charge >= 0.3 is 0 Å². The van der Waals surface area contributed by atoms with Crippen molar-refractivity contribution < 1.29 is 14.3 Å². The maximum atomic E-state index is 12.5. The second kappa shape index (κ2) is 8.78. The first-order valence-electron chi connectivity index (χ1n) is 9.47. The zero-order chi connectivity index (χ0) is 20.1. The largest absolute Gasteiger partial charge is 0.493 e. The maximum Gasteiger partial charge on any atom is 0.251 e. The van der Waals surface area contributed by atoms with Gasteiger partial charge in [0.25, 0.3) is 5.91 Å². The van der Waals surface area contributed by atoms with Crippen molar-refractivity contribution in [2.75, 3.05) is 20.8 Å². The van der Waals surface area contributed by atoms with Crippen molar-refractivity contribution in [1.29, 1.82) is 0 Å². The lowest BCUT2D eigenvalue weighted by Gasteiger charge is -2.12. The van der Waals surface area contributed by atoms with Crippen molar-refractivity contribution in [3.05, 3.63) is 53.9 Å². The van der Waals surface area contributed by atoms with Gasteiger partial charge in [0.2, 0.25) is 0 Å². The first-order chi connectivity index (χ1) is 13.5. The summed E-state index contributed by atoms with van der Waals surface area (Å²) >= 11 is 0. The lowest BCUT2D eigenvalue weighted by molar-refractivity contribution is 0.0953. The SMILES string of the molecule is COc1ccc(C(=O)NCCc2nc3ccccc3n2CC(C)C)cc1OC. The Morgan fingerprint density at radius 2 is 1.86 bits per heavy atom. The summed E-state index contributed by atoms with van der Waals surface area (Å²) in [5.41, 5.74) is 2.66. The van der Waals surface area contributed by atoms with E-state index in [9.17, 15) is 4.79 Å². The van der Waals surface area contributed by atoms with E-state index in [1.54, 1.807) is 32.4 Å². The number of para-hydroxylation sites is 2. The quantitative estimate of drug-likeness (QED) is 0.646. The number of benzene rings is 2. The highest BCUT2D eigenvalue weighted by atomic mass is 16.5. The fourth-order valence-electron chi connectivity index (χ4n) is 3.25. The molecule has 0 spiro atoms. The lowest BCUT2D eigenvalue weighted by atomic mass is 10.2. The summed E-state index contributed by atoms with van der Waals surface area (Å²) in [6.07, 6.45) is 0.667. The number of nitrogens with zero attached hydrogens (tertiary/aromatic N) is 2. The summed E-state index contributed by atoms with van der Waals surface area (Å²) < 4.78 is 12.7. The Morgan fingerprint density at radius 3 is 2.57 bits per heavy atom. The summed E-state index contributed by atoms with van der Waals surface area (Å²) in [4.78, 5) is 17.3. The Morgan fingerprint density at radius 1 is 1.11 bits per heavy atom. The number of imidazole rings is 1. The topological polar surface area (TPSA) is 65.4 Å². The molecule has 0 unspecified atom stereocenters. The summed E-state index contributed by atoms with van der Waals surface area (Å²) in [5, 5.41) is 2.97. The molecule has 0 radical (unpaired) electrons. The normalized spacial score (nSPS) is 11.0. The predicted octanol–water partition coefficient (Wildman–Crippen LogP) is 3.68. The van der Waals surface area contributed by atoms with Gasteiger partial charge in [-0.15, -0.1) is 0 Å². The molecule has 6 heteroatoms. The average molecular weight is 381 g/mol. The van der Waals surface area contributed by atoms with E-state index in [1.807, 2.05) is 18.2 Å². The standard InChI is InChI=1S/C22H27N3O3/c1-15(2)14-25-18-8-6-5-7-17(18)24-21(25)11-12-23-22(26)16-9-10-19(27-3)20(13-16)28-4/h5-10,13,15H,11-12,14H2,1-4H3,(H,23,26). The molecule has 0 fully saturated rings. The predicted molar refractivity (Wildman–Crippen MR) is 110 cm³/mol. The van der Waals surface area contributed by atoms with Gasteiger partial charge in [0.05, 0.1) is 25.3 Å². The van der Waals surface area contributed by atoms with E-state index in [2.05, 4.69) is 29.8 Å². The van der Waals surface area contributed by atoms with Crippen LogP contribution in [0.4, 0.5) is 0 Å². The molecule has 3 rings (SSSR count). The van der Waals surface area contributed by atoms with Crippen molar-refractivity contribution in [3.63, 3.8) is 0 Å². The van der Waals surface area contributed by atoms with Crippen LogP contribution < -0.4 is 14.8 Å². The molecule has 148 valence electrons. The van der Waals surface area contributed by atoms with Crippen LogP contribution in [0.5, 0.6) is 11.5 Å². The van der Waals surface area contributed by atoms with Gasteiger partial charge in [-0.05, 0) is 36.2 Å². The Hall–Kier alpha value is -3.02. The number of carbonyl (C=O) groups excluding carboxylic acids is 1. The highest BCUT2D eigenvalue weighted by molar-refractivity contribution is 5.94. The number of carbonyl (C=O) groups is 1. The van der Waals surface area contributed by atoms with Gasteiger partial charge in [-0.3, -0.25) is 4.79 Å². The molecule has 0 bridgehead atoms. The molecule has 6 nitrogen and oxygen atoms in total. The van der Waals surface area contributed by atoms with E-state index in [0.717, 1.165) is 23.4 Å². The minimum atomic E-state index is -0.146. The van der Waals surface area contributed by atoms with Crippen LogP contribution in [-0.2, 0) is 13.0 Å². The Bertz CT molecular complexity index is 963. The summed E-state index contributed by atoms with van der Waals surface area (Å²) in [5.74, 6) is 2.49. The van der Waals surface area contributed by atoms with Crippen molar-refractivity contribution in [2.45, 2.75) is 26.8 Å². The molecule has 3 aromatic rings. The van der Waals surface area contributed by atoms with Crippen LogP contribution >= 0.6 is 0 Å². The minimum absolute atomic E-state index is 0.146. The second-order valence-electron chi connectivity index (χ2n) is 7.10. The average Bonchev–Trinajstić information content (AvgIpc) is 3.04. The number of aromatic nitrogens is 2. The third-order valence-corrected chi connectivity index (χ3v) is 4.56. The van der Waals surface area contributed by atoms with Crippen LogP contribution in [0.3, 0.4) is 0 Å². The Labute approximate surface area is 165 Å². The van der Waals surface area contributed by atoms with Crippen LogP contribution in [0, 0.1) is 5.92 Å². The van der Waals surface area contributed by atoms with Crippen LogP contribution in [0.2, 0.25) is 0 Å². The van der Waals surface area contributed by atoms with Crippen molar-refractivity contribution in [3.8, 4) is 11.5 Å². The van der Waals surface area contributed by atoms with Gasteiger partial charge in [-0.1, -0.05) is 26.0 Å². The van der Waals surface area contributed by atoms with E-state index in [-0.39, 0.29) is 5.91 Å². The summed E-state index contributed by atoms with van der Waals surface area (Å²) in [7, 11) is 3.12. The molecular formula is C22H27N3O3. The van der Waals surface area contributed by atoms with Gasteiger partial charge in [-0.2, -0.15) is 0 Å². The van der Waals surface area contributed by atoms with Gasteiger partial charge in [-0.25, -0.2) is 4.98 Å². The number of methoxy groups -OCH3 is 2. The van der Waals surface area contributed by atoms with E-state index in [4.69, 9.17) is 14.5 Å². The molecule has 0 saturated heterocycles. The van der Waals surface area contributed by atoms with Gasteiger partial charge in [0.15, 0.2) is 11.5 Å². The van der Waals surface area contributed by atoms with E-state index in [1.165, 1.54) is 0 Å². The van der Waals surface area contributed by atoms with Gasteiger partial charge in [0.1, 0.15) is 5.82 Å². The number of nitrogens with one attached hydrogen (secondary N) is 1. The molecule has 2 aromatic carbocycles. The third kappa shape index (κ3) is 4.27. The smallest absolute Gasteiger partial charge is 0.251 e. The Balaban J connectivity index is 1.70. The zero-order valence-electron chi connectivity index (χ0n) is 16.9. The lowest BCUT2D eigenvalue weighted by Crippen LogP contribution is -2.26. The molecule has 1 amide bonds. The monoisotopic (exact) mass is 381 g/mol.